The van der Waals surface area contributed by atoms with Gasteiger partial charge in [-0.05, 0) is 13.0 Å². The third kappa shape index (κ3) is 1.59. The lowest BCUT2D eigenvalue weighted by molar-refractivity contribution is 0.0967. The van der Waals surface area contributed by atoms with Crippen LogP contribution in [0.15, 0.2) is 24.5 Å². The molecule has 1 unspecified atom stereocenters. The van der Waals surface area contributed by atoms with Gasteiger partial charge < -0.3 is 5.73 Å². The molecular weight excluding hydrogens is 176 g/mol. The van der Waals surface area contributed by atoms with Crippen molar-refractivity contribution in [1.82, 2.24) is 4.98 Å². The summed E-state index contributed by atoms with van der Waals surface area (Å²) in [6.07, 6.45) is 7.39. The van der Waals surface area contributed by atoms with Gasteiger partial charge in [0.05, 0.1) is 0 Å². The van der Waals surface area contributed by atoms with E-state index in [1.165, 1.54) is 0 Å². The van der Waals surface area contributed by atoms with Crippen molar-refractivity contribution < 1.29 is 4.79 Å². The first kappa shape index (κ1) is 9.09. The van der Waals surface area contributed by atoms with Crippen LogP contribution >= 0.6 is 0 Å². The highest BCUT2D eigenvalue weighted by Gasteiger charge is 2.24. The van der Waals surface area contributed by atoms with Crippen molar-refractivity contribution in [3.8, 4) is 0 Å². The van der Waals surface area contributed by atoms with Gasteiger partial charge in [0.15, 0.2) is 5.78 Å². The van der Waals surface area contributed by atoms with E-state index in [1.807, 2.05) is 19.1 Å². The van der Waals surface area contributed by atoms with Crippen LogP contribution in [-0.4, -0.2) is 16.3 Å². The Labute approximate surface area is 82.6 Å². The second-order valence-corrected chi connectivity index (χ2v) is 3.90. The van der Waals surface area contributed by atoms with Gasteiger partial charge in [-0.25, -0.2) is 0 Å². The predicted molar refractivity (Wildman–Crippen MR) is 54.8 cm³/mol. The van der Waals surface area contributed by atoms with Crippen LogP contribution in [0.4, 0.5) is 0 Å². The van der Waals surface area contributed by atoms with Crippen LogP contribution in [0.5, 0.6) is 0 Å². The normalized spacial score (nSPS) is 25.7. The maximum Gasteiger partial charge on any atom is 0.165 e. The van der Waals surface area contributed by atoms with Crippen LogP contribution in [0, 0.1) is 0 Å². The maximum absolute atomic E-state index is 11.8. The van der Waals surface area contributed by atoms with E-state index in [0.29, 0.717) is 12.0 Å². The minimum Gasteiger partial charge on any atom is -0.322 e. The molecule has 2 N–H and O–H groups in total. The minimum atomic E-state index is -0.546. The largest absolute Gasteiger partial charge is 0.322 e. The standard InChI is InChI=1S/C11H12N2O/c1-11(12)4-2-8-7-13-5-3-9(8)10(14)6-11/h2-5,7H,6,12H2,1H3. The van der Waals surface area contributed by atoms with Gasteiger partial charge in [0.25, 0.3) is 0 Å². The molecular formula is C11H12N2O. The SMILES string of the molecule is CC1(N)C=Cc2cnccc2C(=O)C1. The summed E-state index contributed by atoms with van der Waals surface area (Å²) in [6, 6.07) is 1.74. The lowest BCUT2D eigenvalue weighted by atomic mass is 9.96. The Balaban J connectivity index is 2.52. The van der Waals surface area contributed by atoms with Gasteiger partial charge in [0.2, 0.25) is 0 Å². The molecule has 0 aromatic carbocycles. The molecule has 1 aliphatic carbocycles. The summed E-state index contributed by atoms with van der Waals surface area (Å²) in [5.41, 5.74) is 6.94. The van der Waals surface area contributed by atoms with Gasteiger partial charge in [-0.15, -0.1) is 0 Å². The number of pyridine rings is 1. The second-order valence-electron chi connectivity index (χ2n) is 3.90. The molecule has 1 heterocycles. The molecule has 0 amide bonds. The lowest BCUT2D eigenvalue weighted by Gasteiger charge is -2.16. The molecule has 1 aromatic heterocycles. The van der Waals surface area contributed by atoms with Crippen molar-refractivity contribution in [2.24, 2.45) is 5.73 Å². The summed E-state index contributed by atoms with van der Waals surface area (Å²) in [7, 11) is 0. The van der Waals surface area contributed by atoms with Gasteiger partial charge in [-0.1, -0.05) is 12.2 Å². The summed E-state index contributed by atoms with van der Waals surface area (Å²) in [6.45, 7) is 1.85. The van der Waals surface area contributed by atoms with E-state index in [0.717, 1.165) is 5.56 Å². The van der Waals surface area contributed by atoms with Gasteiger partial charge in [0, 0.05) is 35.5 Å². The predicted octanol–water partition coefficient (Wildman–Crippen LogP) is 1.40. The fourth-order valence-electron chi connectivity index (χ4n) is 1.57. The second kappa shape index (κ2) is 3.03. The first-order chi connectivity index (χ1) is 6.58. The molecule has 1 aliphatic rings. The fourth-order valence-corrected chi connectivity index (χ4v) is 1.57. The number of ketones is 1. The lowest BCUT2D eigenvalue weighted by Crippen LogP contribution is -2.35. The first-order valence-electron chi connectivity index (χ1n) is 4.54. The summed E-state index contributed by atoms with van der Waals surface area (Å²) in [5.74, 6) is 0.0809. The van der Waals surface area contributed by atoms with Crippen molar-refractivity contribution in [2.45, 2.75) is 18.9 Å². The minimum absolute atomic E-state index is 0.0809. The van der Waals surface area contributed by atoms with E-state index >= 15 is 0 Å². The molecule has 0 saturated carbocycles. The summed E-state index contributed by atoms with van der Waals surface area (Å²) in [5, 5.41) is 0. The number of rotatable bonds is 0. The van der Waals surface area contributed by atoms with Crippen LogP contribution in [-0.2, 0) is 0 Å². The average molecular weight is 188 g/mol. The van der Waals surface area contributed by atoms with Crippen molar-refractivity contribution in [1.29, 1.82) is 0 Å². The summed E-state index contributed by atoms with van der Waals surface area (Å²) >= 11 is 0. The number of nitrogens with zero attached hydrogens (tertiary/aromatic N) is 1. The highest BCUT2D eigenvalue weighted by molar-refractivity contribution is 6.01. The van der Waals surface area contributed by atoms with Crippen LogP contribution in [0.2, 0.25) is 0 Å². The Morgan fingerprint density at radius 3 is 3.14 bits per heavy atom. The number of Topliss-reactive ketones (excluding diaryl/α,β-unsaturated/α-hetero) is 1. The van der Waals surface area contributed by atoms with E-state index in [4.69, 9.17) is 5.73 Å². The van der Waals surface area contributed by atoms with Crippen LogP contribution < -0.4 is 5.73 Å². The molecule has 72 valence electrons. The number of hydrogen-bond donors (Lipinski definition) is 1. The zero-order valence-corrected chi connectivity index (χ0v) is 8.03. The van der Waals surface area contributed by atoms with Gasteiger partial charge in [0.1, 0.15) is 0 Å². The monoisotopic (exact) mass is 188 g/mol. The number of carbonyl (C=O) groups excluding carboxylic acids is 1. The highest BCUT2D eigenvalue weighted by Crippen LogP contribution is 2.22. The molecule has 0 radical (unpaired) electrons. The molecule has 0 saturated heterocycles. The third-order valence-electron chi connectivity index (χ3n) is 2.34. The number of carbonyl (C=O) groups is 1. The van der Waals surface area contributed by atoms with Crippen molar-refractivity contribution >= 4 is 11.9 Å². The highest BCUT2D eigenvalue weighted by atomic mass is 16.1. The smallest absolute Gasteiger partial charge is 0.165 e. The number of nitrogens with two attached hydrogens (primary N) is 1. The molecule has 1 aromatic rings. The number of hydrogen-bond acceptors (Lipinski definition) is 3. The Morgan fingerprint density at radius 2 is 2.36 bits per heavy atom. The molecule has 14 heavy (non-hydrogen) atoms. The van der Waals surface area contributed by atoms with Gasteiger partial charge in [-0.2, -0.15) is 0 Å². The molecule has 3 nitrogen and oxygen atoms in total. The zero-order valence-electron chi connectivity index (χ0n) is 8.03. The summed E-state index contributed by atoms with van der Waals surface area (Å²) in [4.78, 5) is 15.8. The third-order valence-corrected chi connectivity index (χ3v) is 2.34. The topological polar surface area (TPSA) is 56.0 Å². The first-order valence-corrected chi connectivity index (χ1v) is 4.54. The van der Waals surface area contributed by atoms with Crippen molar-refractivity contribution in [2.75, 3.05) is 0 Å². The van der Waals surface area contributed by atoms with Gasteiger partial charge >= 0.3 is 0 Å². The molecule has 2 rings (SSSR count). The average Bonchev–Trinajstić information content (AvgIpc) is 2.24. The quantitative estimate of drug-likeness (QED) is 0.669. The van der Waals surface area contributed by atoms with Crippen molar-refractivity contribution in [3.63, 3.8) is 0 Å². The Bertz CT molecular complexity index is 408. The zero-order chi connectivity index (χ0) is 10.2. The van der Waals surface area contributed by atoms with Crippen LogP contribution in [0.3, 0.4) is 0 Å². The van der Waals surface area contributed by atoms with Crippen LogP contribution in [0.25, 0.3) is 6.08 Å². The van der Waals surface area contributed by atoms with E-state index in [1.54, 1.807) is 18.5 Å². The molecule has 0 aliphatic heterocycles. The Morgan fingerprint density at radius 1 is 1.57 bits per heavy atom. The van der Waals surface area contributed by atoms with Crippen molar-refractivity contribution in [3.05, 3.63) is 35.7 Å². The fraction of sp³-hybridized carbons (Fsp3) is 0.273. The van der Waals surface area contributed by atoms with Crippen LogP contribution in [0.1, 0.15) is 29.3 Å². The number of aromatic nitrogens is 1. The molecule has 0 spiro atoms. The number of fused-ring (bicyclic) bond motifs is 1. The van der Waals surface area contributed by atoms with E-state index in [2.05, 4.69) is 4.98 Å². The van der Waals surface area contributed by atoms with E-state index in [9.17, 15) is 4.79 Å². The molecule has 3 heteroatoms. The summed E-state index contributed by atoms with van der Waals surface area (Å²) < 4.78 is 0. The molecule has 0 fully saturated rings. The maximum atomic E-state index is 11.8. The molecule has 1 atom stereocenters. The molecule has 0 bridgehead atoms. The van der Waals surface area contributed by atoms with Gasteiger partial charge in [-0.3, -0.25) is 9.78 Å². The van der Waals surface area contributed by atoms with E-state index < -0.39 is 5.54 Å². The Hall–Kier alpha value is -1.48. The van der Waals surface area contributed by atoms with E-state index in [-0.39, 0.29) is 5.78 Å². The Kier molecular flexibility index (Phi) is 1.97.